The van der Waals surface area contributed by atoms with Gasteiger partial charge in [-0.25, -0.2) is 0 Å². The van der Waals surface area contributed by atoms with E-state index in [1.165, 1.54) is 12.8 Å². The number of amides is 2. The Morgan fingerprint density at radius 1 is 1.07 bits per heavy atom. The lowest BCUT2D eigenvalue weighted by molar-refractivity contribution is 0.0706. The number of benzene rings is 1. The summed E-state index contributed by atoms with van der Waals surface area (Å²) in [4.78, 5) is 31.7. The van der Waals surface area contributed by atoms with Gasteiger partial charge in [0.15, 0.2) is 0 Å². The summed E-state index contributed by atoms with van der Waals surface area (Å²) >= 11 is 1.16. The van der Waals surface area contributed by atoms with Crippen LogP contribution in [0.4, 0.5) is 0 Å². The molecule has 1 atom stereocenters. The van der Waals surface area contributed by atoms with Crippen molar-refractivity contribution in [3.8, 4) is 0 Å². The van der Waals surface area contributed by atoms with E-state index in [4.69, 9.17) is 0 Å². The molecule has 1 saturated heterocycles. The number of likely N-dealkylation sites (tertiary alicyclic amines) is 1. The second-order valence-corrected chi connectivity index (χ2v) is 8.71. The van der Waals surface area contributed by atoms with Crippen molar-refractivity contribution in [1.82, 2.24) is 23.9 Å². The molecule has 1 N–H and O–H groups in total. The Bertz CT molecular complexity index is 1080. The zero-order valence-corrected chi connectivity index (χ0v) is 17.4. The molecule has 0 spiro atoms. The van der Waals surface area contributed by atoms with Crippen LogP contribution < -0.4 is 5.32 Å². The van der Waals surface area contributed by atoms with Gasteiger partial charge >= 0.3 is 0 Å². The molecular weight excluding hydrogens is 398 g/mol. The summed E-state index contributed by atoms with van der Waals surface area (Å²) in [6.45, 7) is 2.12. The van der Waals surface area contributed by atoms with Crippen LogP contribution >= 0.6 is 11.7 Å². The topological polar surface area (TPSA) is 88.1 Å². The van der Waals surface area contributed by atoms with Crippen LogP contribution in [0.5, 0.6) is 0 Å². The highest BCUT2D eigenvalue weighted by Gasteiger charge is 2.27. The van der Waals surface area contributed by atoms with Gasteiger partial charge < -0.3 is 10.2 Å². The van der Waals surface area contributed by atoms with Gasteiger partial charge in [-0.3, -0.25) is 14.6 Å². The maximum Gasteiger partial charge on any atom is 0.253 e. The number of hydrogen-bond donors (Lipinski definition) is 1. The second-order valence-electron chi connectivity index (χ2n) is 8.18. The third-order valence-electron chi connectivity index (χ3n) is 5.92. The standard InChI is InChI=1S/C22H23N5O2S/c28-21(24-11-14-3-4-14)16-6-7-18(23-12-16)17-2-1-9-27(13-17)22(29)15-5-8-19-20(10-15)26-30-25-19/h5-8,10,12,14,17H,1-4,9,11,13H2,(H,24,28)/t17-/m0/s1. The Labute approximate surface area is 178 Å². The van der Waals surface area contributed by atoms with Crippen molar-refractivity contribution in [1.29, 1.82) is 0 Å². The monoisotopic (exact) mass is 421 g/mol. The molecule has 2 aliphatic rings. The molecule has 8 heteroatoms. The number of fused-ring (bicyclic) bond motifs is 1. The Morgan fingerprint density at radius 3 is 2.70 bits per heavy atom. The highest BCUT2D eigenvalue weighted by molar-refractivity contribution is 7.00. The van der Waals surface area contributed by atoms with Crippen molar-refractivity contribution in [2.45, 2.75) is 31.6 Å². The third kappa shape index (κ3) is 4.05. The molecule has 154 valence electrons. The quantitative estimate of drug-likeness (QED) is 0.683. The predicted octanol–water partition coefficient (Wildman–Crippen LogP) is 3.25. The van der Waals surface area contributed by atoms with Crippen LogP contribution in [0.2, 0.25) is 0 Å². The number of nitrogens with zero attached hydrogens (tertiary/aromatic N) is 4. The molecule has 7 nitrogen and oxygen atoms in total. The molecule has 3 heterocycles. The minimum absolute atomic E-state index is 0.0191. The number of pyridine rings is 1. The van der Waals surface area contributed by atoms with E-state index in [1.54, 1.807) is 6.20 Å². The molecule has 30 heavy (non-hydrogen) atoms. The summed E-state index contributed by atoms with van der Waals surface area (Å²) in [6.07, 6.45) is 5.99. The van der Waals surface area contributed by atoms with Crippen LogP contribution in [0.1, 0.15) is 58.0 Å². The number of carbonyl (C=O) groups is 2. The van der Waals surface area contributed by atoms with Gasteiger partial charge in [0.05, 0.1) is 17.3 Å². The summed E-state index contributed by atoms with van der Waals surface area (Å²) in [6, 6.07) is 9.26. The van der Waals surface area contributed by atoms with Crippen LogP contribution in [0, 0.1) is 5.92 Å². The molecular formula is C22H23N5O2S. The van der Waals surface area contributed by atoms with Crippen molar-refractivity contribution in [3.05, 3.63) is 53.3 Å². The van der Waals surface area contributed by atoms with Crippen molar-refractivity contribution < 1.29 is 9.59 Å². The van der Waals surface area contributed by atoms with Crippen molar-refractivity contribution in [2.24, 2.45) is 5.92 Å². The van der Waals surface area contributed by atoms with Crippen LogP contribution in [0.25, 0.3) is 11.0 Å². The van der Waals surface area contributed by atoms with E-state index in [0.717, 1.165) is 54.4 Å². The highest BCUT2D eigenvalue weighted by Crippen LogP contribution is 2.28. The van der Waals surface area contributed by atoms with Gasteiger partial charge in [-0.1, -0.05) is 0 Å². The molecule has 0 bridgehead atoms. The van der Waals surface area contributed by atoms with Gasteiger partial charge in [0, 0.05) is 43.0 Å². The minimum Gasteiger partial charge on any atom is -0.352 e. The van der Waals surface area contributed by atoms with Gasteiger partial charge in [0.1, 0.15) is 11.0 Å². The molecule has 1 aliphatic carbocycles. The zero-order chi connectivity index (χ0) is 20.5. The molecule has 1 aromatic carbocycles. The lowest BCUT2D eigenvalue weighted by Gasteiger charge is -2.32. The number of hydrogen-bond acceptors (Lipinski definition) is 6. The Morgan fingerprint density at radius 2 is 1.90 bits per heavy atom. The van der Waals surface area contributed by atoms with Crippen molar-refractivity contribution >= 4 is 34.6 Å². The minimum atomic E-state index is -0.0617. The van der Waals surface area contributed by atoms with Crippen LogP contribution in [0.3, 0.4) is 0 Å². The fourth-order valence-electron chi connectivity index (χ4n) is 3.94. The summed E-state index contributed by atoms with van der Waals surface area (Å²) in [7, 11) is 0. The van der Waals surface area contributed by atoms with Gasteiger partial charge in [0.25, 0.3) is 11.8 Å². The average molecular weight is 422 g/mol. The summed E-state index contributed by atoms with van der Waals surface area (Å²) < 4.78 is 8.43. The van der Waals surface area contributed by atoms with E-state index in [9.17, 15) is 9.59 Å². The largest absolute Gasteiger partial charge is 0.352 e. The molecule has 1 saturated carbocycles. The molecule has 2 amide bonds. The average Bonchev–Trinajstić information content (AvgIpc) is 3.51. The van der Waals surface area contributed by atoms with Gasteiger partial charge in [-0.05, 0) is 61.9 Å². The summed E-state index contributed by atoms with van der Waals surface area (Å²) in [5.41, 5.74) is 3.75. The van der Waals surface area contributed by atoms with Crippen LogP contribution in [0.15, 0.2) is 36.5 Å². The Kier molecular flexibility index (Phi) is 5.16. The van der Waals surface area contributed by atoms with Crippen molar-refractivity contribution in [2.75, 3.05) is 19.6 Å². The normalized spacial score (nSPS) is 19.1. The van der Waals surface area contributed by atoms with Gasteiger partial charge in [-0.15, -0.1) is 0 Å². The van der Waals surface area contributed by atoms with E-state index >= 15 is 0 Å². The van der Waals surface area contributed by atoms with Gasteiger partial charge in [-0.2, -0.15) is 8.75 Å². The van der Waals surface area contributed by atoms with E-state index in [1.807, 2.05) is 35.2 Å². The SMILES string of the molecule is O=C(NCC1CC1)c1ccc([C@H]2CCCN(C(=O)c3ccc4nsnc4c3)C2)nc1. The predicted molar refractivity (Wildman–Crippen MR) is 115 cm³/mol. The lowest BCUT2D eigenvalue weighted by atomic mass is 9.93. The first kappa shape index (κ1) is 19.1. The molecule has 2 fully saturated rings. The summed E-state index contributed by atoms with van der Waals surface area (Å²) in [5.74, 6) is 0.786. The molecule has 0 radical (unpaired) electrons. The lowest BCUT2D eigenvalue weighted by Crippen LogP contribution is -2.39. The van der Waals surface area contributed by atoms with Gasteiger partial charge in [0.2, 0.25) is 0 Å². The van der Waals surface area contributed by atoms with E-state index in [-0.39, 0.29) is 17.7 Å². The maximum atomic E-state index is 13.0. The molecule has 0 unspecified atom stereocenters. The van der Waals surface area contributed by atoms with Crippen molar-refractivity contribution in [3.63, 3.8) is 0 Å². The first-order valence-electron chi connectivity index (χ1n) is 10.4. The number of piperidine rings is 1. The Hall–Kier alpha value is -2.87. The smallest absolute Gasteiger partial charge is 0.253 e. The van der Waals surface area contributed by atoms with Crippen LogP contribution in [-0.2, 0) is 0 Å². The first-order chi connectivity index (χ1) is 14.7. The number of nitrogens with one attached hydrogen (secondary N) is 1. The zero-order valence-electron chi connectivity index (χ0n) is 16.6. The molecule has 3 aromatic rings. The second kappa shape index (κ2) is 8.10. The fraction of sp³-hybridized carbons (Fsp3) is 0.409. The van der Waals surface area contributed by atoms with Crippen LogP contribution in [-0.4, -0.2) is 50.1 Å². The third-order valence-corrected chi connectivity index (χ3v) is 6.48. The summed E-state index contributed by atoms with van der Waals surface area (Å²) in [5, 5.41) is 2.97. The highest BCUT2D eigenvalue weighted by atomic mass is 32.1. The molecule has 2 aromatic heterocycles. The fourth-order valence-corrected chi connectivity index (χ4v) is 4.46. The molecule has 1 aliphatic heterocycles. The number of rotatable bonds is 5. The number of carbonyl (C=O) groups excluding carboxylic acids is 2. The first-order valence-corrected chi connectivity index (χ1v) is 11.2. The Balaban J connectivity index is 1.25. The maximum absolute atomic E-state index is 13.0. The van der Waals surface area contributed by atoms with E-state index in [2.05, 4.69) is 19.0 Å². The number of aromatic nitrogens is 3. The van der Waals surface area contributed by atoms with E-state index < -0.39 is 0 Å². The van der Waals surface area contributed by atoms with E-state index in [0.29, 0.717) is 23.6 Å². The molecule has 5 rings (SSSR count).